The second-order valence-corrected chi connectivity index (χ2v) is 5.61. The number of hydrogen-bond donors (Lipinski definition) is 1. The van der Waals surface area contributed by atoms with Crippen LogP contribution >= 0.6 is 0 Å². The molecule has 0 atom stereocenters. The molecule has 0 aromatic carbocycles. The van der Waals surface area contributed by atoms with E-state index in [1.54, 1.807) is 0 Å². The molecule has 0 bridgehead atoms. The zero-order chi connectivity index (χ0) is 13.7. The van der Waals surface area contributed by atoms with Gasteiger partial charge in [0.1, 0.15) is 5.82 Å². The van der Waals surface area contributed by atoms with E-state index >= 15 is 0 Å². The maximum Gasteiger partial charge on any atom is 0.125 e. The van der Waals surface area contributed by atoms with Gasteiger partial charge in [-0.25, -0.2) is 9.97 Å². The van der Waals surface area contributed by atoms with Gasteiger partial charge in [0.05, 0.1) is 18.9 Å². The molecule has 1 saturated heterocycles. The van der Waals surface area contributed by atoms with Crippen molar-refractivity contribution in [2.24, 2.45) is 0 Å². The lowest BCUT2D eigenvalue weighted by molar-refractivity contribution is -0.00969. The quantitative estimate of drug-likeness (QED) is 0.859. The highest BCUT2D eigenvalue weighted by Crippen LogP contribution is 2.15. The van der Waals surface area contributed by atoms with Crippen molar-refractivity contribution in [2.75, 3.05) is 32.8 Å². The smallest absolute Gasteiger partial charge is 0.125 e. The molecule has 2 rings (SSSR count). The predicted octanol–water partition coefficient (Wildman–Crippen LogP) is 0.985. The number of morpholine rings is 1. The second-order valence-electron chi connectivity index (χ2n) is 5.61. The number of ether oxygens (including phenoxy) is 1. The fourth-order valence-corrected chi connectivity index (χ4v) is 2.38. The van der Waals surface area contributed by atoms with Crippen LogP contribution in [0.5, 0.6) is 0 Å². The van der Waals surface area contributed by atoms with Crippen molar-refractivity contribution in [3.63, 3.8) is 0 Å². The number of aryl methyl sites for hydroxylation is 1. The van der Waals surface area contributed by atoms with Crippen molar-refractivity contribution in [1.82, 2.24) is 20.2 Å². The van der Waals surface area contributed by atoms with E-state index in [1.165, 1.54) is 0 Å². The summed E-state index contributed by atoms with van der Waals surface area (Å²) >= 11 is 0. The Morgan fingerprint density at radius 3 is 2.79 bits per heavy atom. The molecule has 0 amide bonds. The summed E-state index contributed by atoms with van der Waals surface area (Å²) in [5.41, 5.74) is 1.19. The van der Waals surface area contributed by atoms with E-state index in [-0.39, 0.29) is 5.54 Å². The molecule has 1 aromatic rings. The molecule has 0 radical (unpaired) electrons. The number of nitrogens with one attached hydrogen (secondary N) is 1. The molecule has 1 fully saturated rings. The van der Waals surface area contributed by atoms with Crippen molar-refractivity contribution >= 4 is 0 Å². The molecule has 1 aliphatic heterocycles. The first kappa shape index (κ1) is 14.4. The Labute approximate surface area is 115 Å². The van der Waals surface area contributed by atoms with Gasteiger partial charge in [-0.05, 0) is 26.8 Å². The Morgan fingerprint density at radius 2 is 2.11 bits per heavy atom. The van der Waals surface area contributed by atoms with Crippen LogP contribution in [0.2, 0.25) is 0 Å². The molecule has 2 heterocycles. The van der Waals surface area contributed by atoms with Crippen LogP contribution in [0.25, 0.3) is 0 Å². The maximum atomic E-state index is 5.40. The fourth-order valence-electron chi connectivity index (χ4n) is 2.38. The molecule has 19 heavy (non-hydrogen) atoms. The minimum atomic E-state index is 0.145. The minimum absolute atomic E-state index is 0.145. The zero-order valence-corrected chi connectivity index (χ0v) is 12.1. The normalized spacial score (nSPS) is 17.6. The van der Waals surface area contributed by atoms with E-state index in [0.717, 1.165) is 50.9 Å². The monoisotopic (exact) mass is 264 g/mol. The van der Waals surface area contributed by atoms with Gasteiger partial charge in [-0.1, -0.05) is 0 Å². The van der Waals surface area contributed by atoms with Gasteiger partial charge < -0.3 is 10.1 Å². The standard InChI is InChI=1S/C14H24N4O/c1-12-16-5-4-13(17-12)10-15-11-14(2,3)18-6-8-19-9-7-18/h4-5,15H,6-11H2,1-3H3. The van der Waals surface area contributed by atoms with Crippen LogP contribution in [0.4, 0.5) is 0 Å². The first-order valence-electron chi connectivity index (χ1n) is 6.90. The summed E-state index contributed by atoms with van der Waals surface area (Å²) in [7, 11) is 0. The Balaban J connectivity index is 1.80. The van der Waals surface area contributed by atoms with E-state index < -0.39 is 0 Å². The van der Waals surface area contributed by atoms with Gasteiger partial charge in [-0.15, -0.1) is 0 Å². The summed E-state index contributed by atoms with van der Waals surface area (Å²) in [5.74, 6) is 0.826. The van der Waals surface area contributed by atoms with E-state index in [0.29, 0.717) is 0 Å². The molecule has 5 nitrogen and oxygen atoms in total. The molecule has 106 valence electrons. The van der Waals surface area contributed by atoms with Crippen molar-refractivity contribution in [3.05, 3.63) is 23.8 Å². The highest BCUT2D eigenvalue weighted by molar-refractivity contribution is 5.01. The third kappa shape index (κ3) is 4.23. The van der Waals surface area contributed by atoms with Crippen LogP contribution in [0, 0.1) is 6.92 Å². The number of nitrogens with zero attached hydrogens (tertiary/aromatic N) is 3. The van der Waals surface area contributed by atoms with Gasteiger partial charge in [0.25, 0.3) is 0 Å². The Bertz CT molecular complexity index is 402. The van der Waals surface area contributed by atoms with E-state index in [1.807, 2.05) is 19.2 Å². The zero-order valence-electron chi connectivity index (χ0n) is 12.1. The van der Waals surface area contributed by atoms with Crippen molar-refractivity contribution in [3.8, 4) is 0 Å². The second kappa shape index (κ2) is 6.41. The molecule has 1 aromatic heterocycles. The average molecular weight is 264 g/mol. The summed E-state index contributed by atoms with van der Waals surface area (Å²) in [4.78, 5) is 11.0. The van der Waals surface area contributed by atoms with Crippen LogP contribution < -0.4 is 5.32 Å². The van der Waals surface area contributed by atoms with Gasteiger partial charge in [0.15, 0.2) is 0 Å². The van der Waals surface area contributed by atoms with Gasteiger partial charge in [-0.3, -0.25) is 4.90 Å². The fraction of sp³-hybridized carbons (Fsp3) is 0.714. The predicted molar refractivity (Wildman–Crippen MR) is 74.9 cm³/mol. The topological polar surface area (TPSA) is 50.3 Å². The average Bonchev–Trinajstić information content (AvgIpc) is 2.40. The third-order valence-electron chi connectivity index (χ3n) is 3.56. The van der Waals surface area contributed by atoms with Crippen LogP contribution in [0.15, 0.2) is 12.3 Å². The Kier molecular flexibility index (Phi) is 4.85. The molecular formula is C14H24N4O. The summed E-state index contributed by atoms with van der Waals surface area (Å²) in [6.07, 6.45) is 1.81. The first-order chi connectivity index (χ1) is 9.08. The number of hydrogen-bond acceptors (Lipinski definition) is 5. The lowest BCUT2D eigenvalue weighted by Crippen LogP contribution is -2.54. The van der Waals surface area contributed by atoms with Crippen molar-refractivity contribution in [2.45, 2.75) is 32.9 Å². The molecule has 5 heteroatoms. The van der Waals surface area contributed by atoms with Crippen LogP contribution in [-0.2, 0) is 11.3 Å². The molecule has 1 aliphatic rings. The highest BCUT2D eigenvalue weighted by atomic mass is 16.5. The summed E-state index contributed by atoms with van der Waals surface area (Å²) in [6.45, 7) is 11.9. The van der Waals surface area contributed by atoms with E-state index in [4.69, 9.17) is 4.74 Å². The van der Waals surface area contributed by atoms with Crippen LogP contribution in [0.1, 0.15) is 25.4 Å². The lowest BCUT2D eigenvalue weighted by Gasteiger charge is -2.41. The molecule has 0 saturated carbocycles. The largest absolute Gasteiger partial charge is 0.379 e. The minimum Gasteiger partial charge on any atom is -0.379 e. The number of aromatic nitrogens is 2. The first-order valence-corrected chi connectivity index (χ1v) is 6.90. The molecule has 0 aliphatic carbocycles. The summed E-state index contributed by atoms with van der Waals surface area (Å²) in [6, 6.07) is 1.96. The molecule has 0 spiro atoms. The van der Waals surface area contributed by atoms with Crippen LogP contribution in [-0.4, -0.2) is 53.3 Å². The Morgan fingerprint density at radius 1 is 1.37 bits per heavy atom. The molecule has 0 unspecified atom stereocenters. The van der Waals surface area contributed by atoms with Crippen molar-refractivity contribution in [1.29, 1.82) is 0 Å². The SMILES string of the molecule is Cc1nccc(CNCC(C)(C)N2CCOCC2)n1. The summed E-state index contributed by atoms with van der Waals surface area (Å²) < 4.78 is 5.40. The van der Waals surface area contributed by atoms with Crippen LogP contribution in [0.3, 0.4) is 0 Å². The molecule has 1 N–H and O–H groups in total. The highest BCUT2D eigenvalue weighted by Gasteiger charge is 2.27. The maximum absolute atomic E-state index is 5.40. The Hall–Kier alpha value is -1.04. The van der Waals surface area contributed by atoms with Gasteiger partial charge in [-0.2, -0.15) is 0 Å². The van der Waals surface area contributed by atoms with Crippen molar-refractivity contribution < 1.29 is 4.74 Å². The van der Waals surface area contributed by atoms with Gasteiger partial charge in [0.2, 0.25) is 0 Å². The van der Waals surface area contributed by atoms with Gasteiger partial charge >= 0.3 is 0 Å². The van der Waals surface area contributed by atoms with E-state index in [2.05, 4.69) is 34.0 Å². The van der Waals surface area contributed by atoms with E-state index in [9.17, 15) is 0 Å². The third-order valence-corrected chi connectivity index (χ3v) is 3.56. The lowest BCUT2D eigenvalue weighted by atomic mass is 10.0. The summed E-state index contributed by atoms with van der Waals surface area (Å²) in [5, 5.41) is 3.49. The number of rotatable bonds is 5. The van der Waals surface area contributed by atoms with Gasteiger partial charge in [0, 0.05) is 37.9 Å². The molecular weight excluding hydrogens is 240 g/mol.